The highest BCUT2D eigenvalue weighted by Gasteiger charge is 2.21. The first-order valence-corrected chi connectivity index (χ1v) is 20.4. The minimum Gasteiger partial charge on any atom is -0.228 e. The molecule has 0 saturated carbocycles. The van der Waals surface area contributed by atoms with Gasteiger partial charge in [0, 0.05) is 59.1 Å². The summed E-state index contributed by atoms with van der Waals surface area (Å²) in [7, 11) is 0. The standard InChI is InChI=1S/C53H33N5S/c1-5-17-34(18-6-1)45-33-46(55-50(54-45)35-19-7-2-8-20-35)41-30-29-40(38-25-13-14-26-39(38)41)42-31-32-44(48-43-27-15-16-28-47(43)59-49(42)48)53-57-51(36-21-9-3-10-22-36)56-52(58-53)37-23-11-4-12-24-37/h1-33H. The second kappa shape index (κ2) is 14.7. The van der Waals surface area contributed by atoms with Crippen LogP contribution >= 0.6 is 11.3 Å². The minimum absolute atomic E-state index is 0.642. The molecule has 0 saturated heterocycles. The maximum Gasteiger partial charge on any atom is 0.164 e. The Balaban J connectivity index is 1.12. The number of hydrogen-bond acceptors (Lipinski definition) is 6. The summed E-state index contributed by atoms with van der Waals surface area (Å²) in [6.07, 6.45) is 0. The molecule has 0 unspecified atom stereocenters. The van der Waals surface area contributed by atoms with E-state index in [1.54, 1.807) is 0 Å². The van der Waals surface area contributed by atoms with E-state index in [2.05, 4.69) is 115 Å². The van der Waals surface area contributed by atoms with Crippen LogP contribution in [-0.2, 0) is 0 Å². The molecule has 0 bridgehead atoms. The van der Waals surface area contributed by atoms with E-state index in [0.717, 1.165) is 72.1 Å². The van der Waals surface area contributed by atoms with Crippen molar-refractivity contribution in [2.24, 2.45) is 0 Å². The molecule has 0 radical (unpaired) electrons. The first-order valence-electron chi connectivity index (χ1n) is 19.6. The maximum atomic E-state index is 5.21. The van der Waals surface area contributed by atoms with E-state index in [9.17, 15) is 0 Å². The van der Waals surface area contributed by atoms with Gasteiger partial charge in [-0.15, -0.1) is 11.3 Å². The number of rotatable bonds is 7. The van der Waals surface area contributed by atoms with Crippen molar-refractivity contribution in [2.45, 2.75) is 0 Å². The van der Waals surface area contributed by atoms with Gasteiger partial charge in [0.25, 0.3) is 0 Å². The van der Waals surface area contributed by atoms with Crippen LogP contribution in [0.1, 0.15) is 0 Å². The molecule has 11 aromatic rings. The summed E-state index contributed by atoms with van der Waals surface area (Å²) in [5.74, 6) is 2.62. The van der Waals surface area contributed by atoms with Crippen molar-refractivity contribution in [1.29, 1.82) is 0 Å². The Morgan fingerprint density at radius 3 is 1.32 bits per heavy atom. The van der Waals surface area contributed by atoms with Gasteiger partial charge in [-0.25, -0.2) is 24.9 Å². The summed E-state index contributed by atoms with van der Waals surface area (Å²) in [5, 5.41) is 4.58. The third-order valence-corrected chi connectivity index (χ3v) is 12.0. The largest absolute Gasteiger partial charge is 0.228 e. The highest BCUT2D eigenvalue weighted by atomic mass is 32.1. The summed E-state index contributed by atoms with van der Waals surface area (Å²) in [6, 6.07) is 69.2. The Bertz CT molecular complexity index is 3200. The van der Waals surface area contributed by atoms with Crippen LogP contribution in [0, 0.1) is 0 Å². The number of hydrogen-bond donors (Lipinski definition) is 0. The van der Waals surface area contributed by atoms with Crippen LogP contribution in [0.25, 0.3) is 110 Å². The lowest BCUT2D eigenvalue weighted by Gasteiger charge is -2.15. The Morgan fingerprint density at radius 1 is 0.288 bits per heavy atom. The van der Waals surface area contributed by atoms with Crippen molar-refractivity contribution in [3.8, 4) is 79.2 Å². The van der Waals surface area contributed by atoms with Crippen LogP contribution in [0.15, 0.2) is 200 Å². The molecule has 3 aromatic heterocycles. The van der Waals surface area contributed by atoms with Crippen LogP contribution in [0.2, 0.25) is 0 Å². The fourth-order valence-electron chi connectivity index (χ4n) is 7.97. The summed E-state index contributed by atoms with van der Waals surface area (Å²) < 4.78 is 2.39. The zero-order valence-corrected chi connectivity index (χ0v) is 32.5. The summed E-state index contributed by atoms with van der Waals surface area (Å²) >= 11 is 1.81. The van der Waals surface area contributed by atoms with Gasteiger partial charge in [0.2, 0.25) is 0 Å². The molecule has 0 fully saturated rings. The molecule has 3 heterocycles. The molecular weight excluding hydrogens is 739 g/mol. The van der Waals surface area contributed by atoms with Crippen molar-refractivity contribution >= 4 is 42.3 Å². The molecule has 0 N–H and O–H groups in total. The molecule has 59 heavy (non-hydrogen) atoms. The zero-order valence-electron chi connectivity index (χ0n) is 31.7. The van der Waals surface area contributed by atoms with Crippen molar-refractivity contribution < 1.29 is 0 Å². The molecule has 0 spiro atoms. The van der Waals surface area contributed by atoms with Crippen molar-refractivity contribution in [3.63, 3.8) is 0 Å². The van der Waals surface area contributed by atoms with Crippen LogP contribution in [-0.4, -0.2) is 24.9 Å². The molecule has 0 aliphatic rings. The summed E-state index contributed by atoms with van der Waals surface area (Å²) in [6.45, 7) is 0. The van der Waals surface area contributed by atoms with Crippen LogP contribution in [0.3, 0.4) is 0 Å². The average molecular weight is 772 g/mol. The van der Waals surface area contributed by atoms with Gasteiger partial charge in [-0.1, -0.05) is 182 Å². The third kappa shape index (κ3) is 6.33. The topological polar surface area (TPSA) is 64.5 Å². The Kier molecular flexibility index (Phi) is 8.60. The second-order valence-corrected chi connectivity index (χ2v) is 15.5. The lowest BCUT2D eigenvalue weighted by molar-refractivity contribution is 1.08. The molecule has 11 rings (SSSR count). The highest BCUT2D eigenvalue weighted by molar-refractivity contribution is 7.26. The Labute approximate surface area is 345 Å². The quantitative estimate of drug-likeness (QED) is 0.161. The van der Waals surface area contributed by atoms with E-state index < -0.39 is 0 Å². The number of aromatic nitrogens is 5. The van der Waals surface area contributed by atoms with E-state index in [4.69, 9.17) is 24.9 Å². The fourth-order valence-corrected chi connectivity index (χ4v) is 9.23. The van der Waals surface area contributed by atoms with Gasteiger partial charge >= 0.3 is 0 Å². The normalized spacial score (nSPS) is 11.4. The zero-order chi connectivity index (χ0) is 39.1. The van der Waals surface area contributed by atoms with Crippen molar-refractivity contribution in [1.82, 2.24) is 24.9 Å². The highest BCUT2D eigenvalue weighted by Crippen LogP contribution is 2.47. The minimum atomic E-state index is 0.642. The van der Waals surface area contributed by atoms with Crippen LogP contribution in [0.5, 0.6) is 0 Å². The number of fused-ring (bicyclic) bond motifs is 4. The SMILES string of the molecule is c1ccc(-c2cc(-c3ccc(-c4ccc(-c5nc(-c6ccccc6)nc(-c6ccccc6)n5)c5c4sc4ccccc45)c4ccccc34)nc(-c3ccccc3)n2)cc1. The molecular formula is C53H33N5S. The Morgan fingerprint density at radius 2 is 0.712 bits per heavy atom. The van der Waals surface area contributed by atoms with Crippen LogP contribution < -0.4 is 0 Å². The lowest BCUT2D eigenvalue weighted by atomic mass is 9.91. The van der Waals surface area contributed by atoms with Gasteiger partial charge in [-0.05, 0) is 34.5 Å². The number of thiophene rings is 1. The molecule has 0 atom stereocenters. The summed E-state index contributed by atoms with van der Waals surface area (Å²) in [4.78, 5) is 25.6. The van der Waals surface area contributed by atoms with E-state index in [-0.39, 0.29) is 0 Å². The van der Waals surface area contributed by atoms with Gasteiger partial charge in [0.1, 0.15) is 0 Å². The van der Waals surface area contributed by atoms with E-state index in [0.29, 0.717) is 23.3 Å². The molecule has 276 valence electrons. The first-order chi connectivity index (χ1) is 29.2. The van der Waals surface area contributed by atoms with Crippen molar-refractivity contribution in [2.75, 3.05) is 0 Å². The average Bonchev–Trinajstić information content (AvgIpc) is 3.72. The number of nitrogens with zero attached hydrogens (tertiary/aromatic N) is 5. The van der Waals surface area contributed by atoms with Gasteiger partial charge in [0.15, 0.2) is 23.3 Å². The van der Waals surface area contributed by atoms with E-state index in [1.165, 1.54) is 14.8 Å². The molecule has 0 aliphatic carbocycles. The fraction of sp³-hybridized carbons (Fsp3) is 0. The van der Waals surface area contributed by atoms with E-state index >= 15 is 0 Å². The number of benzene rings is 8. The predicted octanol–water partition coefficient (Wildman–Crippen LogP) is 13.9. The molecule has 0 aliphatic heterocycles. The second-order valence-electron chi connectivity index (χ2n) is 14.4. The summed E-state index contributed by atoms with van der Waals surface area (Å²) in [5.41, 5.74) is 10.0. The van der Waals surface area contributed by atoms with Crippen LogP contribution in [0.4, 0.5) is 0 Å². The third-order valence-electron chi connectivity index (χ3n) is 10.8. The van der Waals surface area contributed by atoms with Gasteiger partial charge < -0.3 is 0 Å². The van der Waals surface area contributed by atoms with Gasteiger partial charge in [0.05, 0.1) is 11.4 Å². The first kappa shape index (κ1) is 34.6. The lowest BCUT2D eigenvalue weighted by Crippen LogP contribution is -2.00. The van der Waals surface area contributed by atoms with Gasteiger partial charge in [-0.2, -0.15) is 0 Å². The molecule has 5 nitrogen and oxygen atoms in total. The molecule has 8 aromatic carbocycles. The Hall–Kier alpha value is -7.67. The van der Waals surface area contributed by atoms with Crippen molar-refractivity contribution in [3.05, 3.63) is 200 Å². The molecule has 6 heteroatoms. The smallest absolute Gasteiger partial charge is 0.164 e. The molecule has 0 amide bonds. The monoisotopic (exact) mass is 771 g/mol. The maximum absolute atomic E-state index is 5.21. The predicted molar refractivity (Wildman–Crippen MR) is 244 cm³/mol. The van der Waals surface area contributed by atoms with E-state index in [1.807, 2.05) is 96.3 Å². The van der Waals surface area contributed by atoms with Gasteiger partial charge in [-0.3, -0.25) is 0 Å².